The highest BCUT2D eigenvalue weighted by Crippen LogP contribution is 2.41. The fourth-order valence-corrected chi connectivity index (χ4v) is 4.30. The molecule has 2 aliphatic rings. The predicted octanol–water partition coefficient (Wildman–Crippen LogP) is 4.41. The quantitative estimate of drug-likeness (QED) is 0.856. The molecule has 4 heteroatoms. The van der Waals surface area contributed by atoms with Gasteiger partial charge in [-0.15, -0.1) is 0 Å². The van der Waals surface area contributed by atoms with Crippen LogP contribution < -0.4 is 5.32 Å². The first-order chi connectivity index (χ1) is 13.2. The molecule has 0 aromatic heterocycles. The summed E-state index contributed by atoms with van der Waals surface area (Å²) in [7, 11) is 0. The van der Waals surface area contributed by atoms with Gasteiger partial charge in [-0.2, -0.15) is 0 Å². The second-order valence-corrected chi connectivity index (χ2v) is 7.79. The Morgan fingerprint density at radius 2 is 1.81 bits per heavy atom. The van der Waals surface area contributed by atoms with Crippen LogP contribution in [0.15, 0.2) is 65.8 Å². The van der Waals surface area contributed by atoms with E-state index in [1.54, 1.807) is 0 Å². The molecule has 1 amide bonds. The fourth-order valence-electron chi connectivity index (χ4n) is 4.30. The molecule has 4 nitrogen and oxygen atoms in total. The highest BCUT2D eigenvalue weighted by molar-refractivity contribution is 5.93. The summed E-state index contributed by atoms with van der Waals surface area (Å²) in [5, 5.41) is 7.55. The number of carbonyl (C=O) groups excluding carboxylic acids is 1. The molecule has 1 saturated carbocycles. The number of amides is 1. The van der Waals surface area contributed by atoms with Gasteiger partial charge in [0.05, 0.1) is 5.71 Å². The van der Waals surface area contributed by atoms with Gasteiger partial charge in [0.25, 0.3) is 0 Å². The highest BCUT2D eigenvalue weighted by atomic mass is 16.7. The lowest BCUT2D eigenvalue weighted by molar-refractivity contribution is -0.125. The Labute approximate surface area is 160 Å². The van der Waals surface area contributed by atoms with E-state index in [0.29, 0.717) is 6.54 Å². The maximum absolute atomic E-state index is 12.8. The van der Waals surface area contributed by atoms with E-state index in [0.717, 1.165) is 42.5 Å². The SMILES string of the molecule is CC1(c2ccccc2)CC([C@@H]2CCC[C@H]2C(=O)NCc2ccccc2)=NO1. The molecule has 140 valence electrons. The van der Waals surface area contributed by atoms with Crippen LogP contribution in [0.25, 0.3) is 0 Å². The zero-order valence-corrected chi connectivity index (χ0v) is 15.7. The number of hydrogen-bond acceptors (Lipinski definition) is 3. The fraction of sp³-hybridized carbons (Fsp3) is 0.391. The molecule has 0 radical (unpaired) electrons. The molecular weight excluding hydrogens is 336 g/mol. The molecule has 1 unspecified atom stereocenters. The first kappa shape index (κ1) is 17.8. The van der Waals surface area contributed by atoms with Gasteiger partial charge in [0.15, 0.2) is 5.60 Å². The van der Waals surface area contributed by atoms with E-state index in [2.05, 4.69) is 29.5 Å². The van der Waals surface area contributed by atoms with Crippen molar-refractivity contribution in [1.82, 2.24) is 5.32 Å². The van der Waals surface area contributed by atoms with Crippen LogP contribution in [0.5, 0.6) is 0 Å². The van der Waals surface area contributed by atoms with Crippen molar-refractivity contribution in [2.75, 3.05) is 0 Å². The van der Waals surface area contributed by atoms with Crippen molar-refractivity contribution in [2.24, 2.45) is 17.0 Å². The van der Waals surface area contributed by atoms with Gasteiger partial charge in [0.1, 0.15) is 0 Å². The zero-order chi connectivity index (χ0) is 18.7. The van der Waals surface area contributed by atoms with Gasteiger partial charge >= 0.3 is 0 Å². The molecule has 0 spiro atoms. The van der Waals surface area contributed by atoms with Crippen LogP contribution in [0.1, 0.15) is 43.7 Å². The van der Waals surface area contributed by atoms with Gasteiger partial charge in [-0.25, -0.2) is 0 Å². The summed E-state index contributed by atoms with van der Waals surface area (Å²) in [5.74, 6) is 0.317. The Kier molecular flexibility index (Phi) is 4.97. The molecule has 1 heterocycles. The smallest absolute Gasteiger partial charge is 0.224 e. The number of nitrogens with one attached hydrogen (secondary N) is 1. The van der Waals surface area contributed by atoms with Crippen molar-refractivity contribution in [1.29, 1.82) is 0 Å². The van der Waals surface area contributed by atoms with Crippen LogP contribution in [-0.4, -0.2) is 11.6 Å². The molecule has 1 fully saturated rings. The highest BCUT2D eigenvalue weighted by Gasteiger charge is 2.43. The second-order valence-electron chi connectivity index (χ2n) is 7.79. The van der Waals surface area contributed by atoms with E-state index < -0.39 is 5.60 Å². The van der Waals surface area contributed by atoms with E-state index in [9.17, 15) is 4.79 Å². The Morgan fingerprint density at radius 3 is 2.56 bits per heavy atom. The van der Waals surface area contributed by atoms with E-state index in [-0.39, 0.29) is 17.7 Å². The zero-order valence-electron chi connectivity index (χ0n) is 15.7. The number of carbonyl (C=O) groups is 1. The minimum Gasteiger partial charge on any atom is -0.384 e. The van der Waals surface area contributed by atoms with E-state index in [4.69, 9.17) is 4.84 Å². The topological polar surface area (TPSA) is 50.7 Å². The largest absolute Gasteiger partial charge is 0.384 e. The van der Waals surface area contributed by atoms with Crippen molar-refractivity contribution >= 4 is 11.6 Å². The Morgan fingerprint density at radius 1 is 1.11 bits per heavy atom. The van der Waals surface area contributed by atoms with Crippen molar-refractivity contribution in [3.63, 3.8) is 0 Å². The summed E-state index contributed by atoms with van der Waals surface area (Å²) in [5.41, 5.74) is 2.87. The molecule has 0 saturated heterocycles. The molecule has 0 bridgehead atoms. The van der Waals surface area contributed by atoms with Crippen LogP contribution in [-0.2, 0) is 21.8 Å². The normalized spacial score (nSPS) is 27.1. The number of hydrogen-bond donors (Lipinski definition) is 1. The predicted molar refractivity (Wildman–Crippen MR) is 106 cm³/mol. The van der Waals surface area contributed by atoms with E-state index in [1.165, 1.54) is 0 Å². The maximum atomic E-state index is 12.8. The van der Waals surface area contributed by atoms with E-state index >= 15 is 0 Å². The summed E-state index contributed by atoms with van der Waals surface area (Å²) < 4.78 is 0. The summed E-state index contributed by atoms with van der Waals surface area (Å²) in [6, 6.07) is 20.3. The minimum absolute atomic E-state index is 0.00538. The van der Waals surface area contributed by atoms with Crippen LogP contribution >= 0.6 is 0 Å². The van der Waals surface area contributed by atoms with Gasteiger partial charge in [-0.05, 0) is 30.9 Å². The number of rotatable bonds is 5. The molecule has 1 N–H and O–H groups in total. The van der Waals surface area contributed by atoms with Crippen LogP contribution in [0.2, 0.25) is 0 Å². The molecule has 1 aliphatic heterocycles. The van der Waals surface area contributed by atoms with Crippen LogP contribution in [0.3, 0.4) is 0 Å². The van der Waals surface area contributed by atoms with Gasteiger partial charge in [0.2, 0.25) is 5.91 Å². The van der Waals surface area contributed by atoms with Gasteiger partial charge in [-0.3, -0.25) is 4.79 Å². The van der Waals surface area contributed by atoms with Crippen LogP contribution in [0.4, 0.5) is 0 Å². The summed E-state index contributed by atoms with van der Waals surface area (Å²) >= 11 is 0. The van der Waals surface area contributed by atoms with Crippen molar-refractivity contribution in [3.05, 3.63) is 71.8 Å². The average molecular weight is 362 g/mol. The summed E-state index contributed by atoms with van der Waals surface area (Å²) in [6.45, 7) is 2.66. The Balaban J connectivity index is 1.40. The van der Waals surface area contributed by atoms with Crippen molar-refractivity contribution in [2.45, 2.75) is 44.8 Å². The summed E-state index contributed by atoms with van der Waals surface area (Å²) in [6.07, 6.45) is 3.75. The first-order valence-corrected chi connectivity index (χ1v) is 9.78. The minimum atomic E-state index is -0.426. The van der Waals surface area contributed by atoms with Crippen LogP contribution in [0, 0.1) is 11.8 Å². The van der Waals surface area contributed by atoms with Crippen molar-refractivity contribution in [3.8, 4) is 0 Å². The number of nitrogens with zero attached hydrogens (tertiary/aromatic N) is 1. The van der Waals surface area contributed by atoms with Gasteiger partial charge < -0.3 is 10.2 Å². The lowest BCUT2D eigenvalue weighted by Gasteiger charge is -2.23. The third-order valence-corrected chi connectivity index (χ3v) is 5.86. The van der Waals surface area contributed by atoms with Gasteiger partial charge in [0, 0.05) is 24.8 Å². The molecule has 2 aromatic carbocycles. The van der Waals surface area contributed by atoms with Gasteiger partial charge in [-0.1, -0.05) is 72.2 Å². The third kappa shape index (κ3) is 3.75. The molecule has 2 aromatic rings. The number of oxime groups is 1. The molecule has 27 heavy (non-hydrogen) atoms. The molecule has 4 rings (SSSR count). The monoisotopic (exact) mass is 362 g/mol. The standard InChI is InChI=1S/C23H26N2O2/c1-23(18-11-6-3-7-12-18)15-21(25-27-23)19-13-8-14-20(19)22(26)24-16-17-9-4-2-5-10-17/h2-7,9-12,19-20H,8,13-16H2,1H3,(H,24,26)/t19-,20-,23?/m1/s1. The number of benzene rings is 2. The Bertz CT molecular complexity index is 819. The van der Waals surface area contributed by atoms with Crippen molar-refractivity contribution < 1.29 is 9.63 Å². The lowest BCUT2D eigenvalue weighted by Crippen LogP contribution is -2.35. The maximum Gasteiger partial charge on any atom is 0.224 e. The Hall–Kier alpha value is -2.62. The second kappa shape index (κ2) is 7.55. The summed E-state index contributed by atoms with van der Waals surface area (Å²) in [4.78, 5) is 18.7. The molecular formula is C23H26N2O2. The van der Waals surface area contributed by atoms with E-state index in [1.807, 2.05) is 48.5 Å². The first-order valence-electron chi connectivity index (χ1n) is 9.78. The lowest BCUT2D eigenvalue weighted by atomic mass is 9.83. The third-order valence-electron chi connectivity index (χ3n) is 5.86. The molecule has 1 aliphatic carbocycles. The average Bonchev–Trinajstić information content (AvgIpc) is 3.35. The molecule has 3 atom stereocenters.